The van der Waals surface area contributed by atoms with E-state index in [9.17, 15) is 4.79 Å². The maximum atomic E-state index is 11.1. The van der Waals surface area contributed by atoms with E-state index in [-0.39, 0.29) is 5.56 Å². The van der Waals surface area contributed by atoms with Crippen molar-refractivity contribution in [3.8, 4) is 11.3 Å². The number of carboxylic acids is 1. The highest BCUT2D eigenvalue weighted by atomic mass is 79.9. The van der Waals surface area contributed by atoms with Gasteiger partial charge < -0.3 is 5.11 Å². The maximum Gasteiger partial charge on any atom is 0.336 e. The monoisotopic (exact) mass is 277 g/mol. The van der Waals surface area contributed by atoms with Crippen molar-refractivity contribution in [2.24, 2.45) is 0 Å². The predicted molar refractivity (Wildman–Crippen MR) is 64.3 cm³/mol. The Hall–Kier alpha value is -1.68. The van der Waals surface area contributed by atoms with Crippen LogP contribution in [0.5, 0.6) is 0 Å². The van der Waals surface area contributed by atoms with Crippen LogP contribution >= 0.6 is 15.9 Å². The number of halogens is 1. The molecule has 0 bridgehead atoms. The SMILES string of the molecule is O=C(O)c1cc(Br)ccc1-c1ccccn1. The Morgan fingerprint density at radius 2 is 2.06 bits per heavy atom. The minimum Gasteiger partial charge on any atom is -0.478 e. The lowest BCUT2D eigenvalue weighted by molar-refractivity contribution is 0.0697. The minimum atomic E-state index is -0.957. The summed E-state index contributed by atoms with van der Waals surface area (Å²) in [6.07, 6.45) is 1.64. The van der Waals surface area contributed by atoms with E-state index in [2.05, 4.69) is 20.9 Å². The molecule has 2 rings (SSSR count). The zero-order valence-corrected chi connectivity index (χ0v) is 9.81. The number of rotatable bonds is 2. The zero-order chi connectivity index (χ0) is 11.5. The molecule has 1 aromatic heterocycles. The molecule has 0 atom stereocenters. The van der Waals surface area contributed by atoms with E-state index >= 15 is 0 Å². The number of benzene rings is 1. The fourth-order valence-electron chi connectivity index (χ4n) is 1.44. The molecule has 0 radical (unpaired) electrons. The molecule has 1 N–H and O–H groups in total. The number of carbonyl (C=O) groups is 1. The average Bonchev–Trinajstić information content (AvgIpc) is 2.30. The van der Waals surface area contributed by atoms with E-state index in [0.29, 0.717) is 11.3 Å². The summed E-state index contributed by atoms with van der Waals surface area (Å²) in [6, 6.07) is 10.5. The standard InChI is InChI=1S/C12H8BrNO2/c13-8-4-5-9(10(7-8)12(15)16)11-3-1-2-6-14-11/h1-7H,(H,15,16). The molecule has 0 aliphatic rings. The molecule has 3 nitrogen and oxygen atoms in total. The van der Waals surface area contributed by atoms with Gasteiger partial charge in [0.05, 0.1) is 11.3 Å². The van der Waals surface area contributed by atoms with Crippen molar-refractivity contribution in [2.45, 2.75) is 0 Å². The third-order valence-electron chi connectivity index (χ3n) is 2.15. The summed E-state index contributed by atoms with van der Waals surface area (Å²) in [5.41, 5.74) is 1.52. The molecule has 1 heterocycles. The quantitative estimate of drug-likeness (QED) is 0.917. The highest BCUT2D eigenvalue weighted by Gasteiger charge is 2.12. The van der Waals surface area contributed by atoms with E-state index < -0.39 is 5.97 Å². The number of aromatic nitrogens is 1. The van der Waals surface area contributed by atoms with E-state index in [4.69, 9.17) is 5.11 Å². The lowest BCUT2D eigenvalue weighted by atomic mass is 10.0. The number of hydrogen-bond acceptors (Lipinski definition) is 2. The summed E-state index contributed by atoms with van der Waals surface area (Å²) >= 11 is 3.25. The van der Waals surface area contributed by atoms with Crippen LogP contribution in [0.2, 0.25) is 0 Å². The third kappa shape index (κ3) is 2.12. The van der Waals surface area contributed by atoms with Gasteiger partial charge in [-0.25, -0.2) is 4.79 Å². The molecule has 0 amide bonds. The van der Waals surface area contributed by atoms with Crippen LogP contribution < -0.4 is 0 Å². The van der Waals surface area contributed by atoms with Crippen molar-refractivity contribution in [2.75, 3.05) is 0 Å². The summed E-state index contributed by atoms with van der Waals surface area (Å²) in [4.78, 5) is 15.2. The Morgan fingerprint density at radius 3 is 2.69 bits per heavy atom. The molecule has 1 aromatic carbocycles. The van der Waals surface area contributed by atoms with E-state index in [1.807, 2.05) is 6.07 Å². The van der Waals surface area contributed by atoms with Crippen LogP contribution in [0.1, 0.15) is 10.4 Å². The number of hydrogen-bond donors (Lipinski definition) is 1. The normalized spacial score (nSPS) is 10.1. The van der Waals surface area contributed by atoms with Crippen molar-refractivity contribution < 1.29 is 9.90 Å². The Morgan fingerprint density at radius 1 is 1.25 bits per heavy atom. The van der Waals surface area contributed by atoms with Gasteiger partial charge in [0.15, 0.2) is 0 Å². The van der Waals surface area contributed by atoms with Crippen LogP contribution in [-0.4, -0.2) is 16.1 Å². The molecule has 0 unspecified atom stereocenters. The molecule has 16 heavy (non-hydrogen) atoms. The summed E-state index contributed by atoms with van der Waals surface area (Å²) in [5, 5.41) is 9.10. The number of carboxylic acid groups (broad SMARTS) is 1. The Kier molecular flexibility index (Phi) is 3.01. The maximum absolute atomic E-state index is 11.1. The molecule has 0 spiro atoms. The predicted octanol–water partition coefficient (Wildman–Crippen LogP) is 3.21. The van der Waals surface area contributed by atoms with Crippen molar-refractivity contribution in [1.82, 2.24) is 4.98 Å². The number of aromatic carboxylic acids is 1. The first kappa shape index (κ1) is 10.8. The fourth-order valence-corrected chi connectivity index (χ4v) is 1.80. The van der Waals surface area contributed by atoms with E-state index in [0.717, 1.165) is 4.47 Å². The summed E-state index contributed by atoms with van der Waals surface area (Å²) in [5.74, 6) is -0.957. The zero-order valence-electron chi connectivity index (χ0n) is 8.22. The molecule has 0 saturated heterocycles. The highest BCUT2D eigenvalue weighted by Crippen LogP contribution is 2.24. The molecule has 0 aliphatic heterocycles. The van der Waals surface area contributed by atoms with Crippen molar-refractivity contribution in [3.05, 3.63) is 52.6 Å². The largest absolute Gasteiger partial charge is 0.478 e. The molecular weight excluding hydrogens is 270 g/mol. The molecule has 2 aromatic rings. The lowest BCUT2D eigenvalue weighted by Gasteiger charge is -2.05. The third-order valence-corrected chi connectivity index (χ3v) is 2.65. The second kappa shape index (κ2) is 4.45. The van der Waals surface area contributed by atoms with Crippen LogP contribution in [0.4, 0.5) is 0 Å². The lowest BCUT2D eigenvalue weighted by Crippen LogP contribution is -2.00. The molecule has 80 valence electrons. The first-order valence-corrected chi connectivity index (χ1v) is 5.42. The molecule has 0 fully saturated rings. The first-order chi connectivity index (χ1) is 7.68. The topological polar surface area (TPSA) is 50.2 Å². The van der Waals surface area contributed by atoms with Crippen molar-refractivity contribution in [1.29, 1.82) is 0 Å². The van der Waals surface area contributed by atoms with Gasteiger partial charge in [0.1, 0.15) is 0 Å². The van der Waals surface area contributed by atoms with Gasteiger partial charge in [-0.1, -0.05) is 28.1 Å². The second-order valence-corrected chi connectivity index (χ2v) is 4.13. The number of pyridine rings is 1. The van der Waals surface area contributed by atoms with Crippen molar-refractivity contribution in [3.63, 3.8) is 0 Å². The molecule has 0 aliphatic carbocycles. The summed E-state index contributed by atoms with van der Waals surface area (Å²) < 4.78 is 0.740. The van der Waals surface area contributed by atoms with Gasteiger partial charge in [0, 0.05) is 16.2 Å². The molecule has 0 saturated carbocycles. The van der Waals surface area contributed by atoms with Crippen LogP contribution in [0.3, 0.4) is 0 Å². The van der Waals surface area contributed by atoms with E-state index in [1.54, 1.807) is 36.5 Å². The van der Waals surface area contributed by atoms with Gasteiger partial charge in [-0.15, -0.1) is 0 Å². The van der Waals surface area contributed by atoms with Crippen LogP contribution in [0.25, 0.3) is 11.3 Å². The average molecular weight is 278 g/mol. The summed E-state index contributed by atoms with van der Waals surface area (Å²) in [6.45, 7) is 0. The van der Waals surface area contributed by atoms with Gasteiger partial charge in [-0.3, -0.25) is 4.98 Å². The number of nitrogens with zero attached hydrogens (tertiary/aromatic N) is 1. The fraction of sp³-hybridized carbons (Fsp3) is 0. The summed E-state index contributed by atoms with van der Waals surface area (Å²) in [7, 11) is 0. The van der Waals surface area contributed by atoms with Crippen molar-refractivity contribution >= 4 is 21.9 Å². The smallest absolute Gasteiger partial charge is 0.336 e. The second-order valence-electron chi connectivity index (χ2n) is 3.21. The van der Waals surface area contributed by atoms with Gasteiger partial charge in [0.2, 0.25) is 0 Å². The van der Waals surface area contributed by atoms with Crippen LogP contribution in [-0.2, 0) is 0 Å². The van der Waals surface area contributed by atoms with Gasteiger partial charge in [0.25, 0.3) is 0 Å². The van der Waals surface area contributed by atoms with Gasteiger partial charge in [-0.05, 0) is 24.3 Å². The van der Waals surface area contributed by atoms with Gasteiger partial charge in [-0.2, -0.15) is 0 Å². The Labute approximate surface area is 101 Å². The van der Waals surface area contributed by atoms with Crippen LogP contribution in [0, 0.1) is 0 Å². The van der Waals surface area contributed by atoms with Crippen LogP contribution in [0.15, 0.2) is 47.1 Å². The Balaban J connectivity index is 2.61. The van der Waals surface area contributed by atoms with E-state index in [1.165, 1.54) is 0 Å². The minimum absolute atomic E-state index is 0.244. The Bertz CT molecular complexity index is 526. The first-order valence-electron chi connectivity index (χ1n) is 4.63. The van der Waals surface area contributed by atoms with Gasteiger partial charge >= 0.3 is 5.97 Å². The molecular formula is C12H8BrNO2. The molecule has 4 heteroatoms. The highest BCUT2D eigenvalue weighted by molar-refractivity contribution is 9.10.